The second-order valence-electron chi connectivity index (χ2n) is 4.35. The summed E-state index contributed by atoms with van der Waals surface area (Å²) in [6, 6.07) is 8.57. The second-order valence-corrected chi connectivity index (χ2v) is 4.35. The van der Waals surface area contributed by atoms with Gasteiger partial charge in [-0.3, -0.25) is 9.59 Å². The Balaban J connectivity index is 0.00000123. The maximum Gasteiger partial charge on any atom is 0.248 e. The Morgan fingerprint density at radius 2 is 1.67 bits per heavy atom. The van der Waals surface area contributed by atoms with Crippen LogP contribution in [0.3, 0.4) is 0 Å². The fourth-order valence-electron chi connectivity index (χ4n) is 1.63. The van der Waals surface area contributed by atoms with Crippen LogP contribution in [0.5, 0.6) is 0 Å². The first-order chi connectivity index (χ1) is 11.5. The molecule has 0 aliphatic rings. The molecule has 0 fully saturated rings. The third-order valence-electron chi connectivity index (χ3n) is 2.69. The molecule has 2 rings (SSSR count). The monoisotopic (exact) mass is 329 g/mol. The highest BCUT2D eigenvalue weighted by atomic mass is 16.1. The molecule has 0 bridgehead atoms. The number of hydrogen-bond donors (Lipinski definition) is 3. The van der Waals surface area contributed by atoms with Gasteiger partial charge in [0.15, 0.2) is 5.78 Å². The summed E-state index contributed by atoms with van der Waals surface area (Å²) in [5.74, 6) is -0.295. The van der Waals surface area contributed by atoms with Crippen LogP contribution in [0.2, 0.25) is 0 Å². The van der Waals surface area contributed by atoms with E-state index in [-0.39, 0.29) is 11.7 Å². The van der Waals surface area contributed by atoms with E-state index in [0.717, 1.165) is 5.56 Å². The Bertz CT molecular complexity index is 656. The number of carbonyl (C=O) groups is 2. The molecule has 0 spiro atoms. The smallest absolute Gasteiger partial charge is 0.248 e. The number of nitrogens with two attached hydrogens (primary N) is 1. The SMILES string of the molecule is CC.CC.CC(=O)c1cc(/C=C/C(=O)Nc2ccc(N)cc2)c[nH]1. The number of ketones is 1. The van der Waals surface area contributed by atoms with Crippen molar-refractivity contribution in [2.45, 2.75) is 34.6 Å². The van der Waals surface area contributed by atoms with E-state index in [2.05, 4.69) is 10.3 Å². The maximum atomic E-state index is 11.7. The quantitative estimate of drug-likeness (QED) is 0.438. The zero-order valence-electron chi connectivity index (χ0n) is 15.0. The van der Waals surface area contributed by atoms with E-state index >= 15 is 0 Å². The molecular formula is C19H27N3O2. The lowest BCUT2D eigenvalue weighted by Crippen LogP contribution is -2.07. The highest BCUT2D eigenvalue weighted by Crippen LogP contribution is 2.11. The molecule has 0 unspecified atom stereocenters. The van der Waals surface area contributed by atoms with E-state index < -0.39 is 0 Å². The highest BCUT2D eigenvalue weighted by Gasteiger charge is 2.02. The largest absolute Gasteiger partial charge is 0.399 e. The van der Waals surface area contributed by atoms with Crippen molar-refractivity contribution in [1.29, 1.82) is 0 Å². The number of nitrogens with one attached hydrogen (secondary N) is 2. The van der Waals surface area contributed by atoms with Crippen molar-refractivity contribution in [3.8, 4) is 0 Å². The standard InChI is InChI=1S/C15H15N3O2.2C2H6/c1-10(19)14-8-11(9-17-14)2-7-15(20)18-13-5-3-12(16)4-6-13;2*1-2/h2-9,17H,16H2,1H3,(H,18,20);2*1-2H3/b7-2+;;. The Labute approximate surface area is 144 Å². The molecule has 130 valence electrons. The topological polar surface area (TPSA) is 88.0 Å². The molecule has 5 heteroatoms. The van der Waals surface area contributed by atoms with Crippen LogP contribution in [0.25, 0.3) is 6.08 Å². The molecule has 0 aliphatic heterocycles. The number of carbonyl (C=O) groups excluding carboxylic acids is 2. The molecule has 24 heavy (non-hydrogen) atoms. The minimum Gasteiger partial charge on any atom is -0.399 e. The number of Topliss-reactive ketones (excluding diaryl/α,β-unsaturated/α-hetero) is 1. The zero-order valence-corrected chi connectivity index (χ0v) is 15.0. The van der Waals surface area contributed by atoms with E-state index in [1.54, 1.807) is 42.6 Å². The molecule has 0 saturated heterocycles. The highest BCUT2D eigenvalue weighted by molar-refractivity contribution is 6.02. The number of amides is 1. The van der Waals surface area contributed by atoms with Crippen molar-refractivity contribution >= 4 is 29.1 Å². The van der Waals surface area contributed by atoms with Gasteiger partial charge in [0.25, 0.3) is 0 Å². The van der Waals surface area contributed by atoms with Gasteiger partial charge in [-0.2, -0.15) is 0 Å². The number of benzene rings is 1. The van der Waals surface area contributed by atoms with Crippen LogP contribution in [0, 0.1) is 0 Å². The van der Waals surface area contributed by atoms with E-state index in [1.165, 1.54) is 13.0 Å². The summed E-state index contributed by atoms with van der Waals surface area (Å²) in [7, 11) is 0. The number of aromatic nitrogens is 1. The number of hydrogen-bond acceptors (Lipinski definition) is 3. The Morgan fingerprint density at radius 3 is 2.17 bits per heavy atom. The molecule has 0 saturated carbocycles. The molecule has 1 heterocycles. The Kier molecular flexibility index (Phi) is 10.3. The van der Waals surface area contributed by atoms with Gasteiger partial charge in [0.2, 0.25) is 5.91 Å². The summed E-state index contributed by atoms with van der Waals surface area (Å²) in [5.41, 5.74) is 8.16. The van der Waals surface area contributed by atoms with E-state index in [1.807, 2.05) is 27.7 Å². The van der Waals surface area contributed by atoms with Crippen LogP contribution in [0.15, 0.2) is 42.6 Å². The average molecular weight is 329 g/mol. The van der Waals surface area contributed by atoms with Crippen LogP contribution in [-0.2, 0) is 4.79 Å². The average Bonchev–Trinajstić information content (AvgIpc) is 3.08. The Hall–Kier alpha value is -2.82. The van der Waals surface area contributed by atoms with Crippen LogP contribution >= 0.6 is 0 Å². The summed E-state index contributed by atoms with van der Waals surface area (Å²) in [6.45, 7) is 9.48. The molecule has 5 nitrogen and oxygen atoms in total. The molecule has 2 aromatic rings. The maximum absolute atomic E-state index is 11.7. The normalized spacial score (nSPS) is 9.38. The summed E-state index contributed by atoms with van der Waals surface area (Å²) < 4.78 is 0. The first-order valence-electron chi connectivity index (χ1n) is 8.08. The van der Waals surface area contributed by atoms with Gasteiger partial charge in [0.1, 0.15) is 0 Å². The van der Waals surface area contributed by atoms with Crippen molar-refractivity contribution < 1.29 is 9.59 Å². The second kappa shape index (κ2) is 11.7. The van der Waals surface area contributed by atoms with E-state index in [4.69, 9.17) is 5.73 Å². The van der Waals surface area contributed by atoms with Gasteiger partial charge in [0, 0.05) is 30.6 Å². The van der Waals surface area contributed by atoms with Crippen LogP contribution in [-0.4, -0.2) is 16.7 Å². The Morgan fingerprint density at radius 1 is 1.08 bits per heavy atom. The predicted molar refractivity (Wildman–Crippen MR) is 102 cm³/mol. The first-order valence-corrected chi connectivity index (χ1v) is 8.08. The van der Waals surface area contributed by atoms with Crippen LogP contribution < -0.4 is 11.1 Å². The molecular weight excluding hydrogens is 302 g/mol. The minimum absolute atomic E-state index is 0.0454. The van der Waals surface area contributed by atoms with Crippen LogP contribution in [0.1, 0.15) is 50.7 Å². The van der Waals surface area contributed by atoms with Crippen molar-refractivity contribution in [3.63, 3.8) is 0 Å². The van der Waals surface area contributed by atoms with E-state index in [9.17, 15) is 9.59 Å². The molecule has 4 N–H and O–H groups in total. The number of rotatable bonds is 4. The van der Waals surface area contributed by atoms with Gasteiger partial charge >= 0.3 is 0 Å². The lowest BCUT2D eigenvalue weighted by molar-refractivity contribution is -0.111. The van der Waals surface area contributed by atoms with Crippen molar-refractivity contribution in [1.82, 2.24) is 4.98 Å². The number of aromatic amines is 1. The summed E-state index contributed by atoms with van der Waals surface area (Å²) in [6.07, 6.45) is 4.71. The molecule has 0 radical (unpaired) electrons. The summed E-state index contributed by atoms with van der Waals surface area (Å²) in [5, 5.41) is 2.71. The fraction of sp³-hybridized carbons (Fsp3) is 0.263. The summed E-state index contributed by atoms with van der Waals surface area (Å²) in [4.78, 5) is 25.7. The van der Waals surface area contributed by atoms with E-state index in [0.29, 0.717) is 17.1 Å². The molecule has 1 aromatic heterocycles. The molecule has 1 aromatic carbocycles. The van der Waals surface area contributed by atoms with Gasteiger partial charge in [-0.1, -0.05) is 27.7 Å². The lowest BCUT2D eigenvalue weighted by atomic mass is 10.2. The first kappa shape index (κ1) is 21.2. The number of anilines is 2. The fourth-order valence-corrected chi connectivity index (χ4v) is 1.63. The predicted octanol–water partition coefficient (Wildman–Crippen LogP) is 4.50. The third kappa shape index (κ3) is 7.45. The van der Waals surface area contributed by atoms with Gasteiger partial charge in [-0.15, -0.1) is 0 Å². The molecule has 0 atom stereocenters. The van der Waals surface area contributed by atoms with Gasteiger partial charge in [-0.25, -0.2) is 0 Å². The number of nitrogen functional groups attached to an aromatic ring is 1. The van der Waals surface area contributed by atoms with Gasteiger partial charge in [0.05, 0.1) is 5.69 Å². The van der Waals surface area contributed by atoms with Crippen LogP contribution in [0.4, 0.5) is 11.4 Å². The molecule has 0 aliphatic carbocycles. The minimum atomic E-state index is -0.250. The molecule has 1 amide bonds. The van der Waals surface area contributed by atoms with Crippen molar-refractivity contribution in [2.24, 2.45) is 0 Å². The van der Waals surface area contributed by atoms with Crippen molar-refractivity contribution in [3.05, 3.63) is 53.9 Å². The van der Waals surface area contributed by atoms with Gasteiger partial charge in [-0.05, 0) is 42.0 Å². The van der Waals surface area contributed by atoms with Crippen molar-refractivity contribution in [2.75, 3.05) is 11.1 Å². The number of H-pyrrole nitrogens is 1. The zero-order chi connectivity index (χ0) is 18.5. The summed E-state index contributed by atoms with van der Waals surface area (Å²) >= 11 is 0. The van der Waals surface area contributed by atoms with Gasteiger partial charge < -0.3 is 16.0 Å². The lowest BCUT2D eigenvalue weighted by Gasteiger charge is -2.01. The third-order valence-corrected chi connectivity index (χ3v) is 2.69.